The minimum Gasteiger partial charge on any atom is -0.480 e. The number of carbonyl (C=O) groups is 3. The number of hydrogen-bond acceptors (Lipinski definition) is 3. The van der Waals surface area contributed by atoms with E-state index in [1.165, 1.54) is 6.92 Å². The fourth-order valence-corrected chi connectivity index (χ4v) is 0.576. The lowest BCUT2D eigenvalue weighted by Gasteiger charge is -2.04. The van der Waals surface area contributed by atoms with Crippen LogP contribution in [0.3, 0.4) is 0 Å². The normalized spacial score (nSPS) is 9.50. The van der Waals surface area contributed by atoms with Gasteiger partial charge in [-0.3, -0.25) is 14.4 Å². The van der Waals surface area contributed by atoms with E-state index in [1.807, 2.05) is 0 Å². The summed E-state index contributed by atoms with van der Waals surface area (Å²) in [6.45, 7) is 4.43. The van der Waals surface area contributed by atoms with Crippen LogP contribution in [0.5, 0.6) is 0 Å². The Bertz CT molecular complexity index is 239. The number of carboxylic acids is 2. The highest BCUT2D eigenvalue weighted by molar-refractivity contribution is 6.19. The summed E-state index contributed by atoms with van der Waals surface area (Å²) in [6, 6.07) is 0. The molecule has 0 saturated carbocycles. The number of aliphatic carboxylic acids is 2. The molecule has 0 rings (SSSR count). The summed E-state index contributed by atoms with van der Waals surface area (Å²) in [5.41, 5.74) is -0.0789. The van der Waals surface area contributed by atoms with Crippen molar-refractivity contribution in [2.75, 3.05) is 0 Å². The third kappa shape index (κ3) is 2.19. The molecule has 0 heterocycles. The first-order valence-corrected chi connectivity index (χ1v) is 3.03. The van der Waals surface area contributed by atoms with Gasteiger partial charge in [0.05, 0.1) is 0 Å². The number of ketones is 1. The minimum absolute atomic E-state index is 0.0789. The molecule has 0 aliphatic carbocycles. The second kappa shape index (κ2) is 3.66. The SMILES string of the molecule is C=C(C)C(=O)C(C(=O)O)C(=O)O. The van der Waals surface area contributed by atoms with Crippen LogP contribution < -0.4 is 0 Å². The molecule has 12 heavy (non-hydrogen) atoms. The average Bonchev–Trinajstić information content (AvgIpc) is 1.85. The van der Waals surface area contributed by atoms with Gasteiger partial charge in [-0.25, -0.2) is 0 Å². The smallest absolute Gasteiger partial charge is 0.325 e. The predicted octanol–water partition coefficient (Wildman–Crippen LogP) is -0.0830. The van der Waals surface area contributed by atoms with Gasteiger partial charge >= 0.3 is 11.9 Å². The highest BCUT2D eigenvalue weighted by Crippen LogP contribution is 2.05. The molecule has 0 radical (unpaired) electrons. The van der Waals surface area contributed by atoms with Crippen molar-refractivity contribution in [3.8, 4) is 0 Å². The van der Waals surface area contributed by atoms with Crippen molar-refractivity contribution in [2.45, 2.75) is 6.92 Å². The Hall–Kier alpha value is -1.65. The van der Waals surface area contributed by atoms with Gasteiger partial charge in [-0.2, -0.15) is 0 Å². The molecule has 0 saturated heterocycles. The molecule has 0 aromatic carbocycles. The van der Waals surface area contributed by atoms with Crippen molar-refractivity contribution in [1.82, 2.24) is 0 Å². The highest BCUT2D eigenvalue weighted by atomic mass is 16.4. The first-order valence-electron chi connectivity index (χ1n) is 3.03. The number of carboxylic acid groups (broad SMARTS) is 2. The van der Waals surface area contributed by atoms with Crippen molar-refractivity contribution in [2.24, 2.45) is 5.92 Å². The van der Waals surface area contributed by atoms with Gasteiger partial charge in [0, 0.05) is 0 Å². The summed E-state index contributed by atoms with van der Waals surface area (Å²) in [6.07, 6.45) is 0. The molecule has 0 aromatic heterocycles. The zero-order valence-electron chi connectivity index (χ0n) is 6.40. The molecular formula is C7H8O5. The van der Waals surface area contributed by atoms with E-state index in [2.05, 4.69) is 6.58 Å². The van der Waals surface area contributed by atoms with E-state index < -0.39 is 23.6 Å². The van der Waals surface area contributed by atoms with Crippen LogP contribution in [0.2, 0.25) is 0 Å². The van der Waals surface area contributed by atoms with Crippen molar-refractivity contribution >= 4 is 17.7 Å². The van der Waals surface area contributed by atoms with E-state index in [9.17, 15) is 14.4 Å². The Morgan fingerprint density at radius 1 is 1.17 bits per heavy atom. The van der Waals surface area contributed by atoms with E-state index in [0.717, 1.165) is 0 Å². The number of rotatable bonds is 4. The van der Waals surface area contributed by atoms with Crippen LogP contribution in [0.25, 0.3) is 0 Å². The van der Waals surface area contributed by atoms with Gasteiger partial charge in [-0.05, 0) is 12.5 Å². The third-order valence-corrected chi connectivity index (χ3v) is 1.18. The number of allylic oxidation sites excluding steroid dienone is 1. The van der Waals surface area contributed by atoms with E-state index in [4.69, 9.17) is 10.2 Å². The molecular weight excluding hydrogens is 164 g/mol. The molecule has 5 nitrogen and oxygen atoms in total. The van der Waals surface area contributed by atoms with Gasteiger partial charge in [-0.1, -0.05) is 6.58 Å². The fourth-order valence-electron chi connectivity index (χ4n) is 0.576. The topological polar surface area (TPSA) is 91.7 Å². The molecule has 0 amide bonds. The Morgan fingerprint density at radius 3 is 1.58 bits per heavy atom. The third-order valence-electron chi connectivity index (χ3n) is 1.18. The molecule has 66 valence electrons. The zero-order chi connectivity index (χ0) is 9.89. The van der Waals surface area contributed by atoms with Gasteiger partial charge in [-0.15, -0.1) is 0 Å². The van der Waals surface area contributed by atoms with Crippen LogP contribution in [0.15, 0.2) is 12.2 Å². The fraction of sp³-hybridized carbons (Fsp3) is 0.286. The molecule has 0 atom stereocenters. The second-order valence-electron chi connectivity index (χ2n) is 2.25. The van der Waals surface area contributed by atoms with Crippen LogP contribution in [-0.2, 0) is 14.4 Å². The van der Waals surface area contributed by atoms with Gasteiger partial charge in [0.2, 0.25) is 5.92 Å². The van der Waals surface area contributed by atoms with Crippen LogP contribution >= 0.6 is 0 Å². The van der Waals surface area contributed by atoms with Gasteiger partial charge < -0.3 is 10.2 Å². The van der Waals surface area contributed by atoms with Crippen LogP contribution in [0.1, 0.15) is 6.92 Å². The molecule has 5 heteroatoms. The maximum Gasteiger partial charge on any atom is 0.325 e. The summed E-state index contributed by atoms with van der Waals surface area (Å²) in [7, 11) is 0. The lowest BCUT2D eigenvalue weighted by Crippen LogP contribution is -2.31. The Balaban J connectivity index is 4.76. The van der Waals surface area contributed by atoms with Crippen LogP contribution in [0, 0.1) is 5.92 Å². The monoisotopic (exact) mass is 172 g/mol. The number of carbonyl (C=O) groups excluding carboxylic acids is 1. The molecule has 2 N–H and O–H groups in total. The van der Waals surface area contributed by atoms with Crippen molar-refractivity contribution in [1.29, 1.82) is 0 Å². The number of hydrogen-bond donors (Lipinski definition) is 2. The maximum atomic E-state index is 10.9. The lowest BCUT2D eigenvalue weighted by molar-refractivity contribution is -0.156. The standard InChI is InChI=1S/C7H8O5/c1-3(2)5(8)4(6(9)10)7(11)12/h4H,1H2,2H3,(H,9,10)(H,11,12). The first kappa shape index (κ1) is 10.3. The predicted molar refractivity (Wildman–Crippen MR) is 38.6 cm³/mol. The van der Waals surface area contributed by atoms with E-state index >= 15 is 0 Å². The highest BCUT2D eigenvalue weighted by Gasteiger charge is 2.33. The van der Waals surface area contributed by atoms with E-state index in [1.54, 1.807) is 0 Å². The molecule has 0 aromatic rings. The molecule has 0 aliphatic heterocycles. The molecule has 0 aliphatic rings. The summed E-state index contributed by atoms with van der Waals surface area (Å²) in [5, 5.41) is 16.6. The van der Waals surface area contributed by atoms with Crippen molar-refractivity contribution in [3.63, 3.8) is 0 Å². The maximum absolute atomic E-state index is 10.9. The Morgan fingerprint density at radius 2 is 1.50 bits per heavy atom. The molecule has 0 spiro atoms. The van der Waals surface area contributed by atoms with Crippen LogP contribution in [-0.4, -0.2) is 27.9 Å². The summed E-state index contributed by atoms with van der Waals surface area (Å²) in [5.74, 6) is -6.34. The first-order chi connectivity index (χ1) is 5.37. The average molecular weight is 172 g/mol. The summed E-state index contributed by atoms with van der Waals surface area (Å²) < 4.78 is 0. The quantitative estimate of drug-likeness (QED) is 0.457. The van der Waals surface area contributed by atoms with Gasteiger partial charge in [0.15, 0.2) is 5.78 Å². The Labute approximate surface area is 68.3 Å². The van der Waals surface area contributed by atoms with Gasteiger partial charge in [0.25, 0.3) is 0 Å². The molecule has 0 bridgehead atoms. The summed E-state index contributed by atoms with van der Waals surface area (Å²) >= 11 is 0. The zero-order valence-corrected chi connectivity index (χ0v) is 6.40. The second-order valence-corrected chi connectivity index (χ2v) is 2.25. The van der Waals surface area contributed by atoms with Crippen LogP contribution in [0.4, 0.5) is 0 Å². The van der Waals surface area contributed by atoms with E-state index in [-0.39, 0.29) is 5.57 Å². The van der Waals surface area contributed by atoms with Crippen molar-refractivity contribution < 1.29 is 24.6 Å². The number of Topliss-reactive ketones (excluding diaryl/α,β-unsaturated/α-hetero) is 1. The van der Waals surface area contributed by atoms with E-state index in [0.29, 0.717) is 0 Å². The molecule has 0 unspecified atom stereocenters. The summed E-state index contributed by atoms with van der Waals surface area (Å²) in [4.78, 5) is 31.4. The Kier molecular flexibility index (Phi) is 3.15. The largest absolute Gasteiger partial charge is 0.480 e. The van der Waals surface area contributed by atoms with Crippen molar-refractivity contribution in [3.05, 3.63) is 12.2 Å². The minimum atomic E-state index is -2.03. The van der Waals surface area contributed by atoms with Gasteiger partial charge in [0.1, 0.15) is 0 Å². The molecule has 0 fully saturated rings. The lowest BCUT2D eigenvalue weighted by atomic mass is 10.00.